The second kappa shape index (κ2) is 33.3. The number of nitrogens with one attached hydrogen (secondary N) is 8. The van der Waals surface area contributed by atoms with Crippen LogP contribution in [0.4, 0.5) is 0 Å². The predicted molar refractivity (Wildman–Crippen MR) is 273 cm³/mol. The highest BCUT2D eigenvalue weighted by Gasteiger charge is 2.40. The van der Waals surface area contributed by atoms with Crippen molar-refractivity contribution in [1.82, 2.24) is 52.3 Å². The summed E-state index contributed by atoms with van der Waals surface area (Å²) in [7, 11) is 1.30. The first-order chi connectivity index (χ1) is 34.7. The van der Waals surface area contributed by atoms with Gasteiger partial charge in [0.25, 0.3) is 0 Å². The van der Waals surface area contributed by atoms with E-state index in [1.807, 2.05) is 0 Å². The molecule has 0 radical (unpaired) electrons. The largest absolute Gasteiger partial charge is 0.481 e. The zero-order valence-electron chi connectivity index (χ0n) is 44.8. The van der Waals surface area contributed by atoms with Crippen molar-refractivity contribution in [3.05, 3.63) is 0 Å². The fraction of sp³-hybridized carbons (Fsp3) is 0.750. The van der Waals surface area contributed by atoms with Crippen molar-refractivity contribution in [3.63, 3.8) is 0 Å². The van der Waals surface area contributed by atoms with Gasteiger partial charge in [0.1, 0.15) is 42.3 Å². The minimum atomic E-state index is -1.65. The van der Waals surface area contributed by atoms with Gasteiger partial charge in [-0.15, -0.1) is 0 Å². The number of likely N-dealkylation sites (tertiary alicyclic amines) is 1. The first kappa shape index (κ1) is 65.4. The topological polar surface area (TPSA) is 395 Å². The van der Waals surface area contributed by atoms with E-state index in [1.165, 1.54) is 18.9 Å². The molecule has 0 aromatic carbocycles. The summed E-state index contributed by atoms with van der Waals surface area (Å²) in [5.41, 5.74) is 11.0. The zero-order chi connectivity index (χ0) is 56.4. The van der Waals surface area contributed by atoms with Crippen LogP contribution in [0.1, 0.15) is 127 Å². The van der Waals surface area contributed by atoms with E-state index in [0.29, 0.717) is 45.2 Å². The zero-order valence-corrected chi connectivity index (χ0v) is 44.8. The van der Waals surface area contributed by atoms with Gasteiger partial charge >= 0.3 is 5.97 Å². The van der Waals surface area contributed by atoms with Crippen LogP contribution in [-0.4, -0.2) is 179 Å². The van der Waals surface area contributed by atoms with Crippen LogP contribution in [0.2, 0.25) is 0 Å². The summed E-state index contributed by atoms with van der Waals surface area (Å²) in [5.74, 6) is -9.83. The normalized spacial score (nSPS) is 16.8. The molecule has 1 aliphatic heterocycles. The Balaban J connectivity index is 3.26. The molecule has 0 spiro atoms. The number of nitrogens with two attached hydrogens (primary N) is 2. The third-order valence-electron chi connectivity index (χ3n) is 12.7. The van der Waals surface area contributed by atoms with Gasteiger partial charge in [0.15, 0.2) is 5.96 Å². The molecule has 14 N–H and O–H groups in total. The number of likely N-dealkylation sites (N-methyl/N-ethyl adjacent to an activating group) is 2. The molecule has 0 aromatic heterocycles. The van der Waals surface area contributed by atoms with Crippen LogP contribution in [-0.2, 0) is 52.7 Å². The van der Waals surface area contributed by atoms with Gasteiger partial charge in [-0.3, -0.25) is 57.7 Å². The fourth-order valence-electron chi connectivity index (χ4n) is 7.89. The molecule has 0 saturated carbocycles. The Kier molecular flexibility index (Phi) is 29.4. The van der Waals surface area contributed by atoms with Crippen LogP contribution >= 0.6 is 0 Å². The molecule has 0 aliphatic carbocycles. The summed E-state index contributed by atoms with van der Waals surface area (Å²) in [6.07, 6.45) is 0.339. The first-order valence-electron chi connectivity index (χ1n) is 25.6. The number of rotatable bonds is 33. The summed E-state index contributed by atoms with van der Waals surface area (Å²) >= 11 is 0. The van der Waals surface area contributed by atoms with Crippen LogP contribution in [0.15, 0.2) is 4.99 Å². The molecule has 0 aromatic rings. The lowest BCUT2D eigenvalue weighted by atomic mass is 9.95. The minimum Gasteiger partial charge on any atom is -0.481 e. The number of aliphatic hydroxyl groups is 1. The minimum absolute atomic E-state index is 0.0673. The van der Waals surface area contributed by atoms with Crippen molar-refractivity contribution >= 4 is 71.0 Å². The predicted octanol–water partition coefficient (Wildman–Crippen LogP) is -2.56. The molecule has 0 bridgehead atoms. The van der Waals surface area contributed by atoms with E-state index >= 15 is 0 Å². The van der Waals surface area contributed by atoms with E-state index in [9.17, 15) is 57.8 Å². The van der Waals surface area contributed by atoms with E-state index in [1.54, 1.807) is 55.4 Å². The van der Waals surface area contributed by atoms with Crippen molar-refractivity contribution in [3.8, 4) is 0 Å². The molecule has 1 fully saturated rings. The number of guanidine groups is 1. The highest BCUT2D eigenvalue weighted by atomic mass is 16.4. The molecule has 1 heterocycles. The molecule has 26 nitrogen and oxygen atoms in total. The lowest BCUT2D eigenvalue weighted by Crippen LogP contribution is -2.63. The van der Waals surface area contributed by atoms with Gasteiger partial charge in [0.05, 0.1) is 25.6 Å². The monoisotopic (exact) mass is 1050 g/mol. The average molecular weight is 1050 g/mol. The number of carboxylic acid groups (broad SMARTS) is 1. The van der Waals surface area contributed by atoms with E-state index in [0.717, 1.165) is 4.90 Å². The van der Waals surface area contributed by atoms with Crippen molar-refractivity contribution < 1.29 is 63.0 Å². The van der Waals surface area contributed by atoms with Gasteiger partial charge in [-0.1, -0.05) is 67.7 Å². The number of hydrogen-bond donors (Lipinski definition) is 12. The molecule has 10 atom stereocenters. The Hall–Kier alpha value is -6.60. The SMILES string of the molecule is CCC[C@H](NC(=O)[C@@H](NC(=O)[C@H](NC(=O)[C@@H](NC(=O)CNC(=O)CN(C)C(=O)CCC(=O)O)C(C)C)[C@@H](C)CC)[C@@H](C)O)C(=O)N[C@H](C(=O)N[C@@H](CCCN=C(N)N)C(=O)N1CCC[C@H]1C(=O)NCC)[C@@H](C)CC. The fourth-order valence-corrected chi connectivity index (χ4v) is 7.89. The van der Waals surface area contributed by atoms with Gasteiger partial charge in [-0.05, 0) is 63.7 Å². The van der Waals surface area contributed by atoms with Crippen LogP contribution < -0.4 is 54.0 Å². The van der Waals surface area contributed by atoms with Crippen molar-refractivity contribution in [2.24, 2.45) is 34.2 Å². The molecule has 74 heavy (non-hydrogen) atoms. The van der Waals surface area contributed by atoms with Crippen LogP contribution in [0.25, 0.3) is 0 Å². The molecule has 10 amide bonds. The van der Waals surface area contributed by atoms with Crippen molar-refractivity contribution in [2.75, 3.05) is 39.8 Å². The number of aliphatic carboxylic acids is 1. The summed E-state index contributed by atoms with van der Waals surface area (Å²) in [5, 5.41) is 40.6. The van der Waals surface area contributed by atoms with Crippen molar-refractivity contribution in [1.29, 1.82) is 0 Å². The van der Waals surface area contributed by atoms with Gasteiger partial charge in [-0.25, -0.2) is 0 Å². The van der Waals surface area contributed by atoms with Gasteiger partial charge in [0.2, 0.25) is 59.1 Å². The molecule has 26 heteroatoms. The van der Waals surface area contributed by atoms with Crippen LogP contribution in [0.5, 0.6) is 0 Å². The Bertz CT molecular complexity index is 1960. The highest BCUT2D eigenvalue weighted by molar-refractivity contribution is 5.98. The smallest absolute Gasteiger partial charge is 0.303 e. The maximum absolute atomic E-state index is 14.2. The maximum Gasteiger partial charge on any atom is 0.303 e. The molecule has 1 aliphatic rings. The Morgan fingerprint density at radius 3 is 1.74 bits per heavy atom. The molecular weight excluding hydrogens is 967 g/mol. The number of aliphatic imine (C=N–C) groups is 1. The maximum atomic E-state index is 14.2. The van der Waals surface area contributed by atoms with Crippen LogP contribution in [0, 0.1) is 17.8 Å². The van der Waals surface area contributed by atoms with Gasteiger partial charge < -0.3 is 74.0 Å². The molecule has 420 valence electrons. The van der Waals surface area contributed by atoms with E-state index in [4.69, 9.17) is 16.6 Å². The third kappa shape index (κ3) is 22.3. The lowest BCUT2D eigenvalue weighted by molar-refractivity contribution is -0.142. The summed E-state index contributed by atoms with van der Waals surface area (Å²) < 4.78 is 0. The van der Waals surface area contributed by atoms with Gasteiger partial charge in [0, 0.05) is 33.1 Å². The quantitative estimate of drug-likeness (QED) is 0.0183. The molecular formula is C48H85N13O13. The van der Waals surface area contributed by atoms with E-state index < -0.39 is 145 Å². The number of carboxylic acids is 1. The molecule has 1 rings (SSSR count). The number of aliphatic hydroxyl groups excluding tert-OH is 1. The number of nitrogens with zero attached hydrogens (tertiary/aromatic N) is 3. The first-order valence-corrected chi connectivity index (χ1v) is 25.6. The summed E-state index contributed by atoms with van der Waals surface area (Å²) in [6.45, 7) is 14.7. The molecule has 0 unspecified atom stereocenters. The Morgan fingerprint density at radius 1 is 0.676 bits per heavy atom. The van der Waals surface area contributed by atoms with Crippen molar-refractivity contribution in [2.45, 2.75) is 175 Å². The van der Waals surface area contributed by atoms with Gasteiger partial charge in [-0.2, -0.15) is 0 Å². The van der Waals surface area contributed by atoms with E-state index in [-0.39, 0.29) is 44.1 Å². The third-order valence-corrected chi connectivity index (χ3v) is 12.7. The Morgan fingerprint density at radius 2 is 1.22 bits per heavy atom. The number of hydrogen-bond acceptors (Lipinski definition) is 13. The average Bonchev–Trinajstić information content (AvgIpc) is 3.84. The Labute approximate surface area is 434 Å². The lowest BCUT2D eigenvalue weighted by Gasteiger charge is -2.32. The highest BCUT2D eigenvalue weighted by Crippen LogP contribution is 2.21. The summed E-state index contributed by atoms with van der Waals surface area (Å²) in [4.78, 5) is 152. The number of carbonyl (C=O) groups is 11. The number of carbonyl (C=O) groups excluding carboxylic acids is 10. The van der Waals surface area contributed by atoms with E-state index in [2.05, 4.69) is 47.5 Å². The number of amides is 10. The second-order valence-corrected chi connectivity index (χ2v) is 19.1. The molecule has 1 saturated heterocycles. The second-order valence-electron chi connectivity index (χ2n) is 19.1. The standard InChI is InChI=1S/C48H85N13O13/c1-11-17-30(41(68)57-38(27(7)12-2)44(71)55-31(18-15-22-52-48(49)50)47(74)61-23-16-19-32(61)42(69)51-14-4)54-46(73)40(29(9)62)59-45(72)39(28(8)13-3)58-43(70)37(26(5)6)56-33(63)24-53-34(64)25-60(10)35(65)20-21-36(66)67/h26-32,37-40,62H,11-25H2,1-10H3,(H,51,69)(H,53,64)(H,54,73)(H,55,71)(H,56,63)(H,57,68)(H,58,70)(H,59,72)(H,66,67)(H4,49,50,52)/t27-,28-,29+,30-,31-,32-,37-,38-,39+,40-/m0/s1. The van der Waals surface area contributed by atoms with Crippen LogP contribution in [0.3, 0.4) is 0 Å². The summed E-state index contributed by atoms with van der Waals surface area (Å²) in [6, 6.07) is -8.50.